The summed E-state index contributed by atoms with van der Waals surface area (Å²) in [6.45, 7) is 4.50. The molecule has 0 saturated heterocycles. The molecule has 0 heterocycles. The van der Waals surface area contributed by atoms with Gasteiger partial charge in [-0.25, -0.2) is 5.43 Å². The normalized spacial score (nSPS) is 11.7. The number of hydrogen-bond acceptors (Lipinski definition) is 4. The van der Waals surface area contributed by atoms with Gasteiger partial charge in [0, 0.05) is 5.56 Å². The first-order valence-corrected chi connectivity index (χ1v) is 12.2. The minimum atomic E-state index is -0.532. The van der Waals surface area contributed by atoms with E-state index in [9.17, 15) is 9.59 Å². The van der Waals surface area contributed by atoms with Crippen molar-refractivity contribution < 1.29 is 14.3 Å². The van der Waals surface area contributed by atoms with Crippen LogP contribution in [-0.2, 0) is 4.79 Å². The third-order valence-corrected chi connectivity index (χ3v) is 5.69. The van der Waals surface area contributed by atoms with E-state index in [-0.39, 0.29) is 11.6 Å². The van der Waals surface area contributed by atoms with Crippen LogP contribution < -0.4 is 15.5 Å². The van der Waals surface area contributed by atoms with Crippen LogP contribution in [0.4, 0.5) is 0 Å². The van der Waals surface area contributed by atoms with E-state index in [0.29, 0.717) is 17.9 Å². The van der Waals surface area contributed by atoms with Gasteiger partial charge in [-0.15, -0.1) is 0 Å². The highest BCUT2D eigenvalue weighted by molar-refractivity contribution is 6.07. The topological polar surface area (TPSA) is 79.8 Å². The van der Waals surface area contributed by atoms with Gasteiger partial charge < -0.3 is 10.1 Å². The second-order valence-electron chi connectivity index (χ2n) is 8.50. The number of nitrogens with zero attached hydrogens (tertiary/aromatic N) is 1. The lowest BCUT2D eigenvalue weighted by atomic mass is 10.0. The summed E-state index contributed by atoms with van der Waals surface area (Å²) >= 11 is 0. The van der Waals surface area contributed by atoms with Gasteiger partial charge in [0.25, 0.3) is 11.8 Å². The Morgan fingerprint density at radius 1 is 0.838 bits per heavy atom. The second-order valence-corrected chi connectivity index (χ2v) is 8.50. The maximum Gasteiger partial charge on any atom is 0.287 e. The molecule has 4 aromatic rings. The van der Waals surface area contributed by atoms with Gasteiger partial charge in [-0.05, 0) is 71.7 Å². The third kappa shape index (κ3) is 6.92. The molecular formula is C31H29N3O3. The molecule has 0 aliphatic carbocycles. The molecule has 0 radical (unpaired) electrons. The highest BCUT2D eigenvalue weighted by atomic mass is 16.5. The fourth-order valence-corrected chi connectivity index (χ4v) is 3.66. The number of hydrogen-bond donors (Lipinski definition) is 2. The van der Waals surface area contributed by atoms with Crippen molar-refractivity contribution in [2.75, 3.05) is 6.61 Å². The Hall–Kier alpha value is -4.71. The van der Waals surface area contributed by atoms with Gasteiger partial charge in [-0.2, -0.15) is 5.10 Å². The average Bonchev–Trinajstić information content (AvgIpc) is 2.95. The van der Waals surface area contributed by atoms with Crippen molar-refractivity contribution in [2.45, 2.75) is 20.3 Å². The van der Waals surface area contributed by atoms with Gasteiger partial charge in [-0.1, -0.05) is 73.7 Å². The van der Waals surface area contributed by atoms with Crippen molar-refractivity contribution in [2.24, 2.45) is 5.10 Å². The molecule has 6 nitrogen and oxygen atoms in total. The second kappa shape index (κ2) is 12.3. The summed E-state index contributed by atoms with van der Waals surface area (Å²) in [5.41, 5.74) is 5.37. The molecule has 2 amide bonds. The summed E-state index contributed by atoms with van der Waals surface area (Å²) in [5.74, 6) is -0.176. The van der Waals surface area contributed by atoms with Gasteiger partial charge in [0.2, 0.25) is 0 Å². The zero-order valence-electron chi connectivity index (χ0n) is 20.9. The molecule has 0 aromatic heterocycles. The van der Waals surface area contributed by atoms with E-state index in [1.54, 1.807) is 30.3 Å². The third-order valence-electron chi connectivity index (χ3n) is 5.69. The minimum absolute atomic E-state index is 0.0751. The molecule has 0 saturated carbocycles. The molecule has 37 heavy (non-hydrogen) atoms. The molecule has 2 N–H and O–H groups in total. The van der Waals surface area contributed by atoms with Crippen LogP contribution in [0.25, 0.3) is 16.8 Å². The summed E-state index contributed by atoms with van der Waals surface area (Å²) in [5, 5.41) is 9.24. The largest absolute Gasteiger partial charge is 0.494 e. The number of rotatable bonds is 9. The number of amides is 2. The van der Waals surface area contributed by atoms with Gasteiger partial charge in [0.1, 0.15) is 11.4 Å². The first-order valence-electron chi connectivity index (χ1n) is 12.2. The van der Waals surface area contributed by atoms with Gasteiger partial charge in [-0.3, -0.25) is 9.59 Å². The molecule has 6 heteroatoms. The molecule has 0 aliphatic rings. The van der Waals surface area contributed by atoms with E-state index in [4.69, 9.17) is 4.74 Å². The average molecular weight is 492 g/mol. The Labute approximate surface area is 216 Å². The molecule has 0 bridgehead atoms. The van der Waals surface area contributed by atoms with Crippen LogP contribution in [0.2, 0.25) is 0 Å². The number of benzene rings is 4. The van der Waals surface area contributed by atoms with Gasteiger partial charge in [0.15, 0.2) is 0 Å². The predicted molar refractivity (Wildman–Crippen MR) is 148 cm³/mol. The fraction of sp³-hybridized carbons (Fsp3) is 0.129. The SMILES string of the molecule is CCCOc1ccc(/C=C(\NC(=O)c2ccccc2)C(=O)N/N=C(/C)c2ccc3ccccc3c2)cc1. The number of hydrazone groups is 1. The lowest BCUT2D eigenvalue weighted by molar-refractivity contribution is -0.117. The maximum absolute atomic E-state index is 13.1. The molecule has 0 atom stereocenters. The molecule has 4 rings (SSSR count). The molecule has 0 fully saturated rings. The van der Waals surface area contributed by atoms with Crippen LogP contribution in [-0.4, -0.2) is 24.1 Å². The zero-order valence-corrected chi connectivity index (χ0v) is 20.9. The molecule has 0 unspecified atom stereocenters. The van der Waals surface area contributed by atoms with E-state index in [1.165, 1.54) is 0 Å². The summed E-state index contributed by atoms with van der Waals surface area (Å²) < 4.78 is 5.63. The Morgan fingerprint density at radius 3 is 2.27 bits per heavy atom. The lowest BCUT2D eigenvalue weighted by Gasteiger charge is -2.10. The lowest BCUT2D eigenvalue weighted by Crippen LogP contribution is -2.33. The Bertz CT molecular complexity index is 1440. The first kappa shape index (κ1) is 25.4. The summed E-state index contributed by atoms with van der Waals surface area (Å²) in [6, 6.07) is 30.1. The monoisotopic (exact) mass is 491 g/mol. The Kier molecular flexibility index (Phi) is 8.45. The van der Waals surface area contributed by atoms with Crippen LogP contribution in [0.15, 0.2) is 108 Å². The van der Waals surface area contributed by atoms with Crippen molar-refractivity contribution >= 4 is 34.4 Å². The molecule has 4 aromatic carbocycles. The maximum atomic E-state index is 13.1. The van der Waals surface area contributed by atoms with Crippen molar-refractivity contribution in [1.29, 1.82) is 0 Å². The zero-order chi connectivity index (χ0) is 26.0. The number of ether oxygens (including phenoxy) is 1. The molecule has 186 valence electrons. The van der Waals surface area contributed by atoms with Crippen LogP contribution >= 0.6 is 0 Å². The van der Waals surface area contributed by atoms with Crippen LogP contribution in [0, 0.1) is 0 Å². The molecule has 0 aliphatic heterocycles. The van der Waals surface area contributed by atoms with Gasteiger partial charge in [0.05, 0.1) is 12.3 Å². The van der Waals surface area contributed by atoms with Gasteiger partial charge >= 0.3 is 0 Å². The molecular weight excluding hydrogens is 462 g/mol. The van der Waals surface area contributed by atoms with E-state index in [2.05, 4.69) is 15.8 Å². The number of nitrogens with one attached hydrogen (secondary N) is 2. The van der Waals surface area contributed by atoms with E-state index >= 15 is 0 Å². The van der Waals surface area contributed by atoms with Crippen molar-refractivity contribution in [1.82, 2.24) is 10.7 Å². The van der Waals surface area contributed by atoms with Crippen LogP contribution in [0.5, 0.6) is 5.75 Å². The Balaban J connectivity index is 1.56. The summed E-state index contributed by atoms with van der Waals surface area (Å²) in [6.07, 6.45) is 2.53. The van der Waals surface area contributed by atoms with Crippen LogP contribution in [0.1, 0.15) is 41.8 Å². The van der Waals surface area contributed by atoms with Crippen molar-refractivity contribution in [3.63, 3.8) is 0 Å². The minimum Gasteiger partial charge on any atom is -0.494 e. The van der Waals surface area contributed by atoms with E-state index in [0.717, 1.165) is 34.1 Å². The highest BCUT2D eigenvalue weighted by Gasteiger charge is 2.15. The highest BCUT2D eigenvalue weighted by Crippen LogP contribution is 2.17. The number of carbonyl (C=O) groups is 2. The standard InChI is InChI=1S/C31H29N3O3/c1-3-19-37-28-17-13-23(14-18-28)20-29(32-30(35)25-10-5-4-6-11-25)31(36)34-33-22(2)26-16-15-24-9-7-8-12-27(24)21-26/h4-18,20-21H,3,19H2,1-2H3,(H,32,35)(H,34,36)/b29-20-,33-22-. The smallest absolute Gasteiger partial charge is 0.287 e. The summed E-state index contributed by atoms with van der Waals surface area (Å²) in [4.78, 5) is 26.0. The fourth-order valence-electron chi connectivity index (χ4n) is 3.66. The predicted octanol–water partition coefficient (Wildman–Crippen LogP) is 5.94. The molecule has 0 spiro atoms. The van der Waals surface area contributed by atoms with E-state index in [1.807, 2.05) is 86.6 Å². The van der Waals surface area contributed by atoms with Crippen molar-refractivity contribution in [3.05, 3.63) is 119 Å². The number of carbonyl (C=O) groups excluding carboxylic acids is 2. The quantitative estimate of drug-likeness (QED) is 0.173. The first-order chi connectivity index (χ1) is 18.0. The number of fused-ring (bicyclic) bond motifs is 1. The summed E-state index contributed by atoms with van der Waals surface area (Å²) in [7, 11) is 0. The van der Waals surface area contributed by atoms with Crippen LogP contribution in [0.3, 0.4) is 0 Å². The Morgan fingerprint density at radius 2 is 1.54 bits per heavy atom. The van der Waals surface area contributed by atoms with E-state index < -0.39 is 5.91 Å². The van der Waals surface area contributed by atoms with Crippen molar-refractivity contribution in [3.8, 4) is 5.75 Å².